The molecule has 1 aliphatic carbocycles. The van der Waals surface area contributed by atoms with Gasteiger partial charge in [-0.1, -0.05) is 97.5 Å². The molecule has 10 amide bonds. The molecule has 3 aliphatic heterocycles. The summed E-state index contributed by atoms with van der Waals surface area (Å²) in [5.41, 5.74) is 25.1. The van der Waals surface area contributed by atoms with E-state index in [1.807, 2.05) is 55.5 Å². The molecule has 1 unspecified atom stereocenters. The van der Waals surface area contributed by atoms with E-state index in [0.29, 0.717) is 31.4 Å². The number of para-hydroxylation sites is 2. The minimum Gasteiger partial charge on any atom is -0.370 e. The van der Waals surface area contributed by atoms with Crippen LogP contribution in [0.2, 0.25) is 0 Å². The molecule has 16 N–H and O–H groups in total. The Morgan fingerprint density at radius 3 is 2.26 bits per heavy atom. The first-order valence-corrected chi connectivity index (χ1v) is 31.5. The van der Waals surface area contributed by atoms with Crippen molar-refractivity contribution in [2.75, 3.05) is 18.8 Å². The minimum absolute atomic E-state index is 0.0179. The van der Waals surface area contributed by atoms with Crippen molar-refractivity contribution in [2.45, 2.75) is 176 Å². The van der Waals surface area contributed by atoms with Crippen molar-refractivity contribution in [2.24, 2.45) is 38.8 Å². The van der Waals surface area contributed by atoms with Crippen molar-refractivity contribution in [3.63, 3.8) is 0 Å². The monoisotopic (exact) mass is 1210 g/mol. The first kappa shape index (κ1) is 64.9. The Hall–Kier alpha value is -7.68. The quantitative estimate of drug-likeness (QED) is 0.0349. The van der Waals surface area contributed by atoms with Gasteiger partial charge in [-0.3, -0.25) is 57.9 Å². The lowest BCUT2D eigenvalue weighted by atomic mass is 9.85. The number of rotatable bonds is 19. The zero-order valence-corrected chi connectivity index (χ0v) is 50.0. The SMILES string of the molecule is CC[C@H](C)[C@@H]1NC(=O)[C@H](Cc2c[nH]c3ccccc23)NC(=O)CC2(CCCCC2)SSC[C@@H](C(=O)N2CCC[C@@H]2C(=O)N[C@H](CCCN=C(N)N)C(=O)N[C@H](C)C(N)=O)NC(=O)[C@H](CC2C=Nc3ccccc32)NC(=O)[C@@H](CCC(N)=O)NC1=O. The molecule has 10 atom stereocenters. The number of carbonyl (C=O) groups is 10. The van der Waals surface area contributed by atoms with E-state index in [1.165, 1.54) is 33.4 Å². The largest absolute Gasteiger partial charge is 0.370 e. The van der Waals surface area contributed by atoms with Crippen molar-refractivity contribution < 1.29 is 47.9 Å². The number of hydrogen-bond donors (Lipinski definition) is 12. The molecular weight excluding hydrogens is 1130 g/mol. The maximum atomic E-state index is 15.3. The predicted molar refractivity (Wildman–Crippen MR) is 325 cm³/mol. The van der Waals surface area contributed by atoms with Crippen LogP contribution in [0.5, 0.6) is 0 Å². The molecule has 2 aromatic carbocycles. The molecule has 4 heterocycles. The smallest absolute Gasteiger partial charge is 0.246 e. The number of amides is 10. The highest BCUT2D eigenvalue weighted by atomic mass is 33.1. The number of aliphatic imine (C=N–C) groups is 2. The molecule has 0 bridgehead atoms. The lowest BCUT2D eigenvalue weighted by molar-refractivity contribution is -0.142. The summed E-state index contributed by atoms with van der Waals surface area (Å²) in [6, 6.07) is 4.75. The molecule has 27 heteroatoms. The summed E-state index contributed by atoms with van der Waals surface area (Å²) in [6.07, 6.45) is 7.71. The van der Waals surface area contributed by atoms with Gasteiger partial charge in [0.15, 0.2) is 5.96 Å². The Balaban J connectivity index is 1.26. The summed E-state index contributed by atoms with van der Waals surface area (Å²) in [6.45, 7) is 5.20. The highest BCUT2D eigenvalue weighted by molar-refractivity contribution is 8.77. The van der Waals surface area contributed by atoms with Gasteiger partial charge in [0.25, 0.3) is 0 Å². The average Bonchev–Trinajstić information content (AvgIpc) is 4.29. The van der Waals surface area contributed by atoms with Crippen LogP contribution < -0.4 is 60.2 Å². The van der Waals surface area contributed by atoms with Gasteiger partial charge in [0.1, 0.15) is 48.3 Å². The second kappa shape index (κ2) is 30.4. The van der Waals surface area contributed by atoms with Gasteiger partial charge in [0.05, 0.1) is 5.69 Å². The third-order valence-electron chi connectivity index (χ3n) is 16.2. The Kier molecular flexibility index (Phi) is 23.2. The predicted octanol–water partition coefficient (Wildman–Crippen LogP) is 1.34. The van der Waals surface area contributed by atoms with Crippen LogP contribution in [0.4, 0.5) is 5.69 Å². The molecule has 1 saturated carbocycles. The molecule has 1 aromatic heterocycles. The second-order valence-electron chi connectivity index (χ2n) is 22.5. The van der Waals surface area contributed by atoms with Gasteiger partial charge in [-0.2, -0.15) is 0 Å². The number of guanidine groups is 1. The molecule has 25 nitrogen and oxygen atoms in total. The summed E-state index contributed by atoms with van der Waals surface area (Å²) >= 11 is 0. The summed E-state index contributed by atoms with van der Waals surface area (Å²) in [5, 5.41) is 20.6. The number of nitrogens with one attached hydrogen (secondary N) is 8. The highest BCUT2D eigenvalue weighted by Crippen LogP contribution is 2.48. The molecule has 0 radical (unpaired) electrons. The molecule has 3 fully saturated rings. The van der Waals surface area contributed by atoms with Crippen LogP contribution in [0, 0.1) is 5.92 Å². The highest BCUT2D eigenvalue weighted by Gasteiger charge is 2.43. The van der Waals surface area contributed by atoms with Crippen molar-refractivity contribution in [1.29, 1.82) is 0 Å². The van der Waals surface area contributed by atoms with E-state index in [9.17, 15) is 38.4 Å². The second-order valence-corrected chi connectivity index (χ2v) is 25.4. The topological polar surface area (TPSA) is 403 Å². The molecular formula is C58H81N15O10S2. The zero-order valence-electron chi connectivity index (χ0n) is 48.3. The van der Waals surface area contributed by atoms with Crippen molar-refractivity contribution in [1.82, 2.24) is 47.1 Å². The Bertz CT molecular complexity index is 3000. The third-order valence-corrected chi connectivity index (χ3v) is 19.6. The first-order valence-electron chi connectivity index (χ1n) is 29.2. The summed E-state index contributed by atoms with van der Waals surface area (Å²) < 4.78 is -0.698. The normalized spacial score (nSPS) is 24.3. The van der Waals surface area contributed by atoms with Crippen LogP contribution in [0.3, 0.4) is 0 Å². The van der Waals surface area contributed by atoms with Crippen molar-refractivity contribution in [3.8, 4) is 0 Å². The van der Waals surface area contributed by atoms with Crippen LogP contribution in [0.25, 0.3) is 10.9 Å². The number of likely N-dealkylation sites (tertiary alicyclic amines) is 1. The van der Waals surface area contributed by atoms with Gasteiger partial charge in [-0.25, -0.2) is 0 Å². The number of primary amides is 2. The minimum atomic E-state index is -1.48. The number of carbonyl (C=O) groups excluding carboxylic acids is 10. The summed E-state index contributed by atoms with van der Waals surface area (Å²) in [4.78, 5) is 155. The first-order chi connectivity index (χ1) is 40.6. The van der Waals surface area contributed by atoms with E-state index in [0.717, 1.165) is 41.3 Å². The van der Waals surface area contributed by atoms with Crippen molar-refractivity contribution >= 4 is 109 Å². The van der Waals surface area contributed by atoms with E-state index in [-0.39, 0.29) is 76.2 Å². The number of H-pyrrole nitrogens is 1. The Morgan fingerprint density at radius 1 is 0.824 bits per heavy atom. The fraction of sp³-hybridized carbons (Fsp3) is 0.552. The van der Waals surface area contributed by atoms with Crippen LogP contribution in [0.15, 0.2) is 64.7 Å². The number of fused-ring (bicyclic) bond motifs is 2. The fourth-order valence-electron chi connectivity index (χ4n) is 11.2. The van der Waals surface area contributed by atoms with Gasteiger partial charge in [-0.05, 0) is 87.5 Å². The van der Waals surface area contributed by atoms with Crippen LogP contribution in [-0.4, -0.2) is 153 Å². The fourth-order valence-corrected chi connectivity index (χ4v) is 14.6. The number of benzene rings is 2. The molecule has 460 valence electrons. The van der Waals surface area contributed by atoms with E-state index >= 15 is 9.59 Å². The molecule has 4 aliphatic rings. The Labute approximate surface area is 501 Å². The van der Waals surface area contributed by atoms with Gasteiger partial charge in [-0.15, -0.1) is 0 Å². The summed E-state index contributed by atoms with van der Waals surface area (Å²) in [7, 11) is 2.68. The van der Waals surface area contributed by atoms with Crippen LogP contribution in [-0.2, 0) is 54.4 Å². The standard InChI is InChI=1S/C58H81N15O10S2/c1-4-32(2)48-55(82)69-41(20-21-46(59)74)51(78)70-43(27-35-30-65-39-17-9-7-15-37(35)39)52(79)71-44(56(83)73-25-13-19-45(73)54(81)68-40(18-12-24-63-57(61)62)50(77)66-33(3)49(60)76)31-84-85-58(22-10-5-11-23-58)28-47(75)67-42(53(80)72-48)26-34-29-64-38-16-8-6-14-36(34)38/h6-9,14-17,29-30,32-33,35,40-45,48,64H,4-5,10-13,18-28,31H2,1-3H3,(H2,59,74)(H2,60,76)(H,66,77)(H,67,75)(H,68,81)(H,69,82)(H,70,78)(H,71,79)(H,72,80)(H4,61,62,63)/t32-,33+,35?,40+,41+,42-,43-,44-,45+,48-/m0/s1. The number of nitrogens with two attached hydrogens (primary N) is 4. The van der Waals surface area contributed by atoms with Crippen molar-refractivity contribution in [3.05, 3.63) is 65.9 Å². The van der Waals surface area contributed by atoms with Gasteiger partial charge >= 0.3 is 0 Å². The molecule has 1 spiro atoms. The van der Waals surface area contributed by atoms with Crippen LogP contribution >= 0.6 is 21.6 Å². The van der Waals surface area contributed by atoms with E-state index in [1.54, 1.807) is 19.3 Å². The van der Waals surface area contributed by atoms with Gasteiger partial charge < -0.3 is 70.0 Å². The van der Waals surface area contributed by atoms with E-state index in [4.69, 9.17) is 22.9 Å². The number of nitrogens with zero attached hydrogens (tertiary/aromatic N) is 3. The third kappa shape index (κ3) is 17.7. The maximum Gasteiger partial charge on any atom is 0.246 e. The van der Waals surface area contributed by atoms with E-state index < -0.39 is 124 Å². The maximum absolute atomic E-state index is 15.3. The molecule has 85 heavy (non-hydrogen) atoms. The van der Waals surface area contributed by atoms with Crippen LogP contribution in [0.1, 0.15) is 128 Å². The van der Waals surface area contributed by atoms with E-state index in [2.05, 4.69) is 52.2 Å². The average molecular weight is 1210 g/mol. The number of aromatic nitrogens is 1. The lowest BCUT2D eigenvalue weighted by Gasteiger charge is -2.37. The molecule has 2 saturated heterocycles. The zero-order chi connectivity index (χ0) is 61.4. The summed E-state index contributed by atoms with van der Waals surface area (Å²) in [5.74, 6) is -8.36. The van der Waals surface area contributed by atoms with Gasteiger partial charge in [0.2, 0.25) is 59.1 Å². The van der Waals surface area contributed by atoms with Gasteiger partial charge in [0, 0.05) is 72.1 Å². The lowest BCUT2D eigenvalue weighted by Crippen LogP contribution is -2.61. The molecule has 7 rings (SSSR count). The number of aromatic amines is 1. The molecule has 3 aromatic rings. The Morgan fingerprint density at radius 2 is 1.53 bits per heavy atom. The number of hydrogen-bond acceptors (Lipinski definition) is 14.